The normalized spacial score (nSPS) is 11.2. The van der Waals surface area contributed by atoms with E-state index in [1.807, 2.05) is 19.9 Å². The highest BCUT2D eigenvalue weighted by Gasteiger charge is 2.16. The molecular formula is C11H11Cl3O3S. The number of benzene rings is 1. The Bertz CT molecular complexity index is 552. The monoisotopic (exact) mass is 328 g/mol. The number of rotatable bonds is 4. The molecule has 0 heterocycles. The number of halogens is 3. The van der Waals surface area contributed by atoms with Crippen LogP contribution in [0.4, 0.5) is 0 Å². The van der Waals surface area contributed by atoms with Crippen molar-refractivity contribution < 1.29 is 13.2 Å². The molecule has 0 amide bonds. The van der Waals surface area contributed by atoms with Gasteiger partial charge in [0.15, 0.2) is 5.75 Å². The molecule has 0 atom stereocenters. The van der Waals surface area contributed by atoms with Gasteiger partial charge in [0.25, 0.3) is 9.05 Å². The largest absolute Gasteiger partial charge is 0.486 e. The van der Waals surface area contributed by atoms with Crippen LogP contribution in [0.25, 0.3) is 0 Å². The van der Waals surface area contributed by atoms with E-state index in [2.05, 4.69) is 0 Å². The second-order valence-corrected chi connectivity index (χ2v) is 7.13. The summed E-state index contributed by atoms with van der Waals surface area (Å²) in [5.41, 5.74) is 1.09. The first-order valence-corrected chi connectivity index (χ1v) is 7.98. The number of hydrogen-bond donors (Lipinski definition) is 0. The Morgan fingerprint density at radius 3 is 2.17 bits per heavy atom. The molecule has 0 saturated carbocycles. The first-order chi connectivity index (χ1) is 8.21. The fourth-order valence-corrected chi connectivity index (χ4v) is 2.62. The smallest absolute Gasteiger partial charge is 0.261 e. The Hall–Kier alpha value is -0.420. The molecule has 1 aromatic carbocycles. The van der Waals surface area contributed by atoms with Crippen LogP contribution in [0.3, 0.4) is 0 Å². The Morgan fingerprint density at radius 2 is 1.78 bits per heavy atom. The quantitative estimate of drug-likeness (QED) is 0.612. The van der Waals surface area contributed by atoms with Crippen LogP contribution >= 0.6 is 33.9 Å². The average Bonchev–Trinajstić information content (AvgIpc) is 2.20. The zero-order valence-electron chi connectivity index (χ0n) is 9.71. The van der Waals surface area contributed by atoms with Gasteiger partial charge >= 0.3 is 0 Å². The fourth-order valence-electron chi connectivity index (χ4n) is 1.11. The van der Waals surface area contributed by atoms with Gasteiger partial charge in [-0.05, 0) is 32.1 Å². The standard InChI is InChI=1S/C11H11Cl3O3S/c1-7(2)3-4-17-11-9(12)5-8(6-10(11)13)18(14,15)16/h3,5-6H,4H2,1-2H3. The van der Waals surface area contributed by atoms with Gasteiger partial charge in [-0.3, -0.25) is 0 Å². The summed E-state index contributed by atoms with van der Waals surface area (Å²) in [7, 11) is 1.34. The molecule has 0 fully saturated rings. The minimum absolute atomic E-state index is 0.101. The maximum absolute atomic E-state index is 11.1. The van der Waals surface area contributed by atoms with E-state index < -0.39 is 9.05 Å². The van der Waals surface area contributed by atoms with Gasteiger partial charge in [-0.25, -0.2) is 8.42 Å². The molecule has 0 unspecified atom stereocenters. The Morgan fingerprint density at radius 1 is 1.28 bits per heavy atom. The Labute approximate surface area is 121 Å². The molecule has 0 spiro atoms. The SMILES string of the molecule is CC(C)=CCOc1c(Cl)cc(S(=O)(=O)Cl)cc1Cl. The molecule has 18 heavy (non-hydrogen) atoms. The van der Waals surface area contributed by atoms with Crippen molar-refractivity contribution in [2.45, 2.75) is 18.7 Å². The molecule has 1 aromatic rings. The fraction of sp³-hybridized carbons (Fsp3) is 0.273. The van der Waals surface area contributed by atoms with E-state index in [1.54, 1.807) is 0 Å². The molecule has 100 valence electrons. The maximum Gasteiger partial charge on any atom is 0.261 e. The Kier molecular flexibility index (Phi) is 5.34. The molecule has 3 nitrogen and oxygen atoms in total. The van der Waals surface area contributed by atoms with E-state index >= 15 is 0 Å². The summed E-state index contributed by atoms with van der Waals surface area (Å²) in [6, 6.07) is 2.40. The van der Waals surface area contributed by atoms with Gasteiger partial charge in [0.1, 0.15) is 6.61 Å². The van der Waals surface area contributed by atoms with E-state index in [1.165, 1.54) is 12.1 Å². The molecule has 0 radical (unpaired) electrons. The minimum atomic E-state index is -3.86. The Balaban J connectivity index is 3.06. The van der Waals surface area contributed by atoms with Crippen molar-refractivity contribution in [2.24, 2.45) is 0 Å². The average molecular weight is 330 g/mol. The first-order valence-electron chi connectivity index (χ1n) is 4.91. The summed E-state index contributed by atoms with van der Waals surface area (Å²) in [6.45, 7) is 4.15. The summed E-state index contributed by atoms with van der Waals surface area (Å²) >= 11 is 11.8. The van der Waals surface area contributed by atoms with Crippen LogP contribution in [0.5, 0.6) is 5.75 Å². The summed E-state index contributed by atoms with van der Waals surface area (Å²) in [5.74, 6) is 0.236. The summed E-state index contributed by atoms with van der Waals surface area (Å²) in [6.07, 6.45) is 1.85. The topological polar surface area (TPSA) is 43.4 Å². The van der Waals surface area contributed by atoms with Crippen molar-refractivity contribution in [1.29, 1.82) is 0 Å². The number of hydrogen-bond acceptors (Lipinski definition) is 3. The van der Waals surface area contributed by atoms with Gasteiger partial charge in [-0.1, -0.05) is 28.8 Å². The van der Waals surface area contributed by atoms with Crippen LogP contribution < -0.4 is 4.74 Å². The lowest BCUT2D eigenvalue weighted by Crippen LogP contribution is -1.98. The minimum Gasteiger partial charge on any atom is -0.486 e. The van der Waals surface area contributed by atoms with Crippen LogP contribution in [-0.2, 0) is 9.05 Å². The third-order valence-electron chi connectivity index (χ3n) is 1.97. The van der Waals surface area contributed by atoms with E-state index in [-0.39, 0.29) is 20.7 Å². The number of allylic oxidation sites excluding steroid dienone is 1. The van der Waals surface area contributed by atoms with Gasteiger partial charge < -0.3 is 4.74 Å². The molecule has 1 rings (SSSR count). The molecule has 7 heteroatoms. The first kappa shape index (κ1) is 15.6. The van der Waals surface area contributed by atoms with Gasteiger partial charge in [0, 0.05) is 10.7 Å². The highest BCUT2D eigenvalue weighted by Crippen LogP contribution is 2.36. The lowest BCUT2D eigenvalue weighted by Gasteiger charge is -2.09. The molecule has 0 N–H and O–H groups in total. The van der Waals surface area contributed by atoms with Crippen molar-refractivity contribution in [1.82, 2.24) is 0 Å². The van der Waals surface area contributed by atoms with Crippen molar-refractivity contribution in [3.8, 4) is 5.75 Å². The predicted octanol–water partition coefficient (Wildman–Crippen LogP) is 4.27. The van der Waals surface area contributed by atoms with E-state index in [0.29, 0.717) is 6.61 Å². The van der Waals surface area contributed by atoms with Crippen LogP contribution in [-0.4, -0.2) is 15.0 Å². The summed E-state index contributed by atoms with van der Waals surface area (Å²) in [5, 5.41) is 0.202. The maximum atomic E-state index is 11.1. The molecule has 0 aromatic heterocycles. The molecular weight excluding hydrogens is 319 g/mol. The zero-order valence-corrected chi connectivity index (χ0v) is 12.8. The molecule has 0 aliphatic carbocycles. The second-order valence-electron chi connectivity index (χ2n) is 3.75. The molecule has 0 bridgehead atoms. The zero-order chi connectivity index (χ0) is 13.9. The van der Waals surface area contributed by atoms with Gasteiger partial charge in [-0.15, -0.1) is 0 Å². The molecule has 0 aliphatic rings. The van der Waals surface area contributed by atoms with Crippen molar-refractivity contribution in [2.75, 3.05) is 6.61 Å². The van der Waals surface area contributed by atoms with Crippen molar-refractivity contribution in [3.63, 3.8) is 0 Å². The van der Waals surface area contributed by atoms with Gasteiger partial charge in [-0.2, -0.15) is 0 Å². The lowest BCUT2D eigenvalue weighted by atomic mass is 10.3. The molecule has 0 aliphatic heterocycles. The van der Waals surface area contributed by atoms with Crippen LogP contribution in [0.1, 0.15) is 13.8 Å². The highest BCUT2D eigenvalue weighted by molar-refractivity contribution is 8.13. The van der Waals surface area contributed by atoms with Crippen LogP contribution in [0, 0.1) is 0 Å². The van der Waals surface area contributed by atoms with Crippen LogP contribution in [0.15, 0.2) is 28.7 Å². The molecule has 0 saturated heterocycles. The van der Waals surface area contributed by atoms with E-state index in [4.69, 9.17) is 38.6 Å². The highest BCUT2D eigenvalue weighted by atomic mass is 35.7. The second kappa shape index (κ2) is 6.15. The third-order valence-corrected chi connectivity index (χ3v) is 3.87. The van der Waals surface area contributed by atoms with Crippen LogP contribution in [0.2, 0.25) is 10.0 Å². The van der Waals surface area contributed by atoms with E-state index in [9.17, 15) is 8.42 Å². The van der Waals surface area contributed by atoms with Crippen molar-refractivity contribution >= 4 is 42.9 Å². The predicted molar refractivity (Wildman–Crippen MR) is 74.4 cm³/mol. The number of ether oxygens (including phenoxy) is 1. The van der Waals surface area contributed by atoms with Gasteiger partial charge in [0.05, 0.1) is 14.9 Å². The summed E-state index contributed by atoms with van der Waals surface area (Å²) < 4.78 is 27.7. The summed E-state index contributed by atoms with van der Waals surface area (Å²) in [4.78, 5) is -0.159. The third kappa shape index (κ3) is 4.35. The van der Waals surface area contributed by atoms with Gasteiger partial charge in [0.2, 0.25) is 0 Å². The lowest BCUT2D eigenvalue weighted by molar-refractivity contribution is 0.362. The van der Waals surface area contributed by atoms with E-state index in [0.717, 1.165) is 5.57 Å². The van der Waals surface area contributed by atoms with Crippen molar-refractivity contribution in [3.05, 3.63) is 33.8 Å².